The van der Waals surface area contributed by atoms with Crippen LogP contribution in [0.3, 0.4) is 0 Å². The average molecular weight is 354 g/mol. The minimum Gasteiger partial charge on any atom is -0.351 e. The van der Waals surface area contributed by atoms with Crippen molar-refractivity contribution in [1.29, 1.82) is 0 Å². The van der Waals surface area contributed by atoms with E-state index in [-0.39, 0.29) is 18.1 Å². The van der Waals surface area contributed by atoms with Crippen LogP contribution in [0.5, 0.6) is 0 Å². The van der Waals surface area contributed by atoms with Crippen molar-refractivity contribution in [2.45, 2.75) is 52.2 Å². The Kier molecular flexibility index (Phi) is 8.03. The van der Waals surface area contributed by atoms with Crippen molar-refractivity contribution in [3.63, 3.8) is 0 Å². The molecule has 1 fully saturated rings. The fourth-order valence-electron chi connectivity index (χ4n) is 3.11. The molecule has 0 atom stereocenters. The van der Waals surface area contributed by atoms with Gasteiger partial charge in [-0.3, -0.25) is 4.79 Å². The highest BCUT2D eigenvalue weighted by molar-refractivity contribution is 6.29. The predicted octanol–water partition coefficient (Wildman–Crippen LogP) is 3.93. The lowest BCUT2D eigenvalue weighted by atomic mass is 9.99. The van der Waals surface area contributed by atoms with Crippen molar-refractivity contribution in [3.05, 3.63) is 29.3 Å². The number of amides is 1. The zero-order chi connectivity index (χ0) is 17.4. The molecule has 0 spiro atoms. The third-order valence-corrected chi connectivity index (χ3v) is 4.38. The summed E-state index contributed by atoms with van der Waals surface area (Å²) in [7, 11) is 0. The lowest BCUT2D eigenvalue weighted by Gasteiger charge is -2.32. The summed E-state index contributed by atoms with van der Waals surface area (Å²) in [6.45, 7) is 6.04. The van der Waals surface area contributed by atoms with Crippen molar-refractivity contribution in [2.75, 3.05) is 30.5 Å². The molecule has 0 radical (unpaired) electrons. The van der Waals surface area contributed by atoms with Crippen molar-refractivity contribution < 1.29 is 14.3 Å². The first-order valence-corrected chi connectivity index (χ1v) is 9.45. The number of alkyl halides is 1. The molecule has 1 aliphatic heterocycles. The molecule has 0 unspecified atom stereocenters. The van der Waals surface area contributed by atoms with E-state index < -0.39 is 0 Å². The molecule has 0 aliphatic carbocycles. The summed E-state index contributed by atoms with van der Waals surface area (Å²) in [4.78, 5) is 14.4. The number of hydrogen-bond acceptors (Lipinski definition) is 3. The smallest absolute Gasteiger partial charge is 0.242 e. The Bertz CT molecular complexity index is 505. The Morgan fingerprint density at radius 3 is 2.25 bits per heavy atom. The Hall–Kier alpha value is -1.10. The molecule has 5 heteroatoms. The van der Waals surface area contributed by atoms with E-state index in [1.807, 2.05) is 0 Å². The summed E-state index contributed by atoms with van der Waals surface area (Å²) in [5.41, 5.74) is 3.39. The van der Waals surface area contributed by atoms with Gasteiger partial charge in [0, 0.05) is 0 Å². The molecule has 134 valence electrons. The first-order valence-electron chi connectivity index (χ1n) is 8.91. The van der Waals surface area contributed by atoms with E-state index in [0.29, 0.717) is 19.8 Å². The van der Waals surface area contributed by atoms with Gasteiger partial charge in [-0.25, -0.2) is 0 Å². The second-order valence-corrected chi connectivity index (χ2v) is 6.35. The number of hydrogen-bond donors (Lipinski definition) is 0. The molecule has 0 N–H and O–H groups in total. The molecular formula is C19H28ClNO3. The first-order chi connectivity index (χ1) is 11.7. The number of halogens is 1. The Morgan fingerprint density at radius 1 is 1.17 bits per heavy atom. The van der Waals surface area contributed by atoms with Crippen molar-refractivity contribution in [2.24, 2.45) is 0 Å². The van der Waals surface area contributed by atoms with Gasteiger partial charge in [0.05, 0.1) is 25.4 Å². The third kappa shape index (κ3) is 4.95. The van der Waals surface area contributed by atoms with E-state index in [2.05, 4.69) is 32.0 Å². The fourth-order valence-corrected chi connectivity index (χ4v) is 3.26. The molecule has 0 aromatic heterocycles. The largest absolute Gasteiger partial charge is 0.351 e. The van der Waals surface area contributed by atoms with Crippen LogP contribution in [0.25, 0.3) is 0 Å². The van der Waals surface area contributed by atoms with E-state index in [1.165, 1.54) is 11.1 Å². The predicted molar refractivity (Wildman–Crippen MR) is 97.8 cm³/mol. The van der Waals surface area contributed by atoms with Gasteiger partial charge in [0.15, 0.2) is 6.29 Å². The number of rotatable bonds is 8. The van der Waals surface area contributed by atoms with E-state index >= 15 is 0 Å². The lowest BCUT2D eigenvalue weighted by Crippen LogP contribution is -2.43. The van der Waals surface area contributed by atoms with Crippen LogP contribution >= 0.6 is 11.6 Å². The number of benzene rings is 1. The number of carbonyl (C=O) groups is 1. The molecule has 0 saturated carbocycles. The van der Waals surface area contributed by atoms with Crippen LogP contribution in [-0.4, -0.2) is 37.8 Å². The minimum absolute atomic E-state index is 0.0429. The first kappa shape index (κ1) is 19.2. The zero-order valence-electron chi connectivity index (χ0n) is 14.7. The Morgan fingerprint density at radius 2 is 1.75 bits per heavy atom. The summed E-state index contributed by atoms with van der Waals surface area (Å²) in [6, 6.07) is 6.29. The minimum atomic E-state index is -0.380. The lowest BCUT2D eigenvalue weighted by molar-refractivity contribution is -0.173. The number of carbonyl (C=O) groups excluding carboxylic acids is 1. The fraction of sp³-hybridized carbons (Fsp3) is 0.632. The van der Waals surface area contributed by atoms with Gasteiger partial charge in [0.2, 0.25) is 5.91 Å². The van der Waals surface area contributed by atoms with Crippen LogP contribution in [0.4, 0.5) is 5.69 Å². The van der Waals surface area contributed by atoms with Gasteiger partial charge in [0.25, 0.3) is 0 Å². The Labute approximate surface area is 150 Å². The summed E-state index contributed by atoms with van der Waals surface area (Å²) in [5.74, 6) is -0.144. The van der Waals surface area contributed by atoms with E-state index in [9.17, 15) is 4.79 Å². The van der Waals surface area contributed by atoms with E-state index in [1.54, 1.807) is 4.90 Å². The van der Waals surface area contributed by atoms with Crippen LogP contribution in [0.2, 0.25) is 0 Å². The monoisotopic (exact) mass is 353 g/mol. The highest BCUT2D eigenvalue weighted by Gasteiger charge is 2.26. The molecule has 1 aromatic carbocycles. The van der Waals surface area contributed by atoms with Crippen molar-refractivity contribution in [1.82, 2.24) is 0 Å². The molecule has 24 heavy (non-hydrogen) atoms. The maximum absolute atomic E-state index is 12.6. The molecule has 1 heterocycles. The Balaban J connectivity index is 2.37. The normalized spacial score (nSPS) is 15.5. The average Bonchev–Trinajstić information content (AvgIpc) is 2.61. The molecule has 0 bridgehead atoms. The number of anilines is 1. The molecule has 1 aliphatic rings. The molecular weight excluding hydrogens is 326 g/mol. The molecule has 4 nitrogen and oxygen atoms in total. The number of para-hydroxylation sites is 1. The number of ether oxygens (including phenoxy) is 2. The van der Waals surface area contributed by atoms with Crippen LogP contribution in [-0.2, 0) is 27.1 Å². The zero-order valence-corrected chi connectivity index (χ0v) is 15.5. The van der Waals surface area contributed by atoms with E-state index in [4.69, 9.17) is 21.1 Å². The van der Waals surface area contributed by atoms with Gasteiger partial charge in [-0.2, -0.15) is 0 Å². The molecule has 2 rings (SSSR count). The van der Waals surface area contributed by atoms with Gasteiger partial charge in [-0.15, -0.1) is 11.6 Å². The highest BCUT2D eigenvalue weighted by Crippen LogP contribution is 2.29. The van der Waals surface area contributed by atoms with Crippen molar-refractivity contribution >= 4 is 23.2 Å². The van der Waals surface area contributed by atoms with Gasteiger partial charge in [0.1, 0.15) is 5.88 Å². The summed E-state index contributed by atoms with van der Waals surface area (Å²) in [6.07, 6.45) is 4.45. The maximum atomic E-state index is 12.6. The third-order valence-electron chi connectivity index (χ3n) is 4.15. The van der Waals surface area contributed by atoms with Crippen molar-refractivity contribution in [3.8, 4) is 0 Å². The molecule has 1 saturated heterocycles. The quantitative estimate of drug-likeness (QED) is 0.665. The maximum Gasteiger partial charge on any atom is 0.242 e. The topological polar surface area (TPSA) is 38.8 Å². The summed E-state index contributed by atoms with van der Waals surface area (Å²) < 4.78 is 11.3. The summed E-state index contributed by atoms with van der Waals surface area (Å²) in [5, 5.41) is 0. The molecule has 1 aromatic rings. The highest BCUT2D eigenvalue weighted by atomic mass is 35.5. The second kappa shape index (κ2) is 10.0. The summed E-state index contributed by atoms with van der Waals surface area (Å²) >= 11 is 5.90. The van der Waals surface area contributed by atoms with Crippen LogP contribution in [0, 0.1) is 0 Å². The second-order valence-electron chi connectivity index (χ2n) is 6.09. The van der Waals surface area contributed by atoms with Crippen LogP contribution < -0.4 is 4.90 Å². The van der Waals surface area contributed by atoms with Gasteiger partial charge < -0.3 is 14.4 Å². The van der Waals surface area contributed by atoms with Gasteiger partial charge in [-0.1, -0.05) is 44.9 Å². The van der Waals surface area contributed by atoms with Crippen LogP contribution in [0.15, 0.2) is 18.2 Å². The molecule has 1 amide bonds. The van der Waals surface area contributed by atoms with Crippen LogP contribution in [0.1, 0.15) is 44.2 Å². The standard InChI is InChI=1S/C19H28ClNO3/c1-3-7-15-9-5-10-16(8-4-2)19(15)21(17(22)13-20)14-18-23-11-6-12-24-18/h5,9-10,18H,3-4,6-8,11-14H2,1-2H3. The number of aryl methyl sites for hydroxylation is 2. The SMILES string of the molecule is CCCc1cccc(CCC)c1N(CC1OCCCO1)C(=O)CCl. The number of nitrogens with zero attached hydrogens (tertiary/aromatic N) is 1. The van der Waals surface area contributed by atoms with E-state index in [0.717, 1.165) is 37.8 Å². The van der Waals surface area contributed by atoms with Gasteiger partial charge >= 0.3 is 0 Å². The van der Waals surface area contributed by atoms with Gasteiger partial charge in [-0.05, 0) is 30.4 Å².